The number of ether oxygens (including phenoxy) is 7. The molecule has 13 rings (SSSR count). The molecule has 37 nitrogen and oxygen atoms in total. The first-order valence-corrected chi connectivity index (χ1v) is 33.9. The third kappa shape index (κ3) is 14.9. The van der Waals surface area contributed by atoms with Gasteiger partial charge in [-0.05, 0) is 67.2 Å². The molecule has 0 aromatic heterocycles. The van der Waals surface area contributed by atoms with E-state index in [-0.39, 0.29) is 42.3 Å². The van der Waals surface area contributed by atoms with Crippen LogP contribution in [0.5, 0.6) is 5.75 Å². The monoisotopic (exact) mass is 1430 g/mol. The number of hydrogen-bond donors (Lipinski definition) is 21. The van der Waals surface area contributed by atoms with Gasteiger partial charge in [-0.3, -0.25) is 38.8 Å². The van der Waals surface area contributed by atoms with E-state index in [0.29, 0.717) is 17.4 Å². The van der Waals surface area contributed by atoms with Crippen LogP contribution in [0.3, 0.4) is 0 Å². The fraction of sp³-hybridized carbons (Fsp3) is 0.688. The van der Waals surface area contributed by atoms with Crippen molar-refractivity contribution in [1.82, 2.24) is 42.1 Å². The highest BCUT2D eigenvalue weighted by molar-refractivity contribution is 5.98. The lowest BCUT2D eigenvalue weighted by atomic mass is 9.53. The highest BCUT2D eigenvalue weighted by atomic mass is 16.8. The van der Waals surface area contributed by atoms with Crippen molar-refractivity contribution in [3.63, 3.8) is 0 Å². The number of aliphatic hydroxyl groups is 12. The molecule has 2 aromatic carbocycles. The Kier molecular flexibility index (Phi) is 22.4. The summed E-state index contributed by atoms with van der Waals surface area (Å²) in [4.78, 5) is 96.7. The lowest BCUT2D eigenvalue weighted by Gasteiger charge is -2.63. The van der Waals surface area contributed by atoms with E-state index in [1.165, 1.54) is 30.7 Å². The van der Waals surface area contributed by atoms with Gasteiger partial charge in [0.25, 0.3) is 0 Å². The predicted octanol–water partition coefficient (Wildman–Crippen LogP) is -10.4. The second kappa shape index (κ2) is 30.7. The van der Waals surface area contributed by atoms with E-state index in [2.05, 4.69) is 47.2 Å². The van der Waals surface area contributed by atoms with E-state index in [4.69, 9.17) is 44.6 Å². The summed E-state index contributed by atoms with van der Waals surface area (Å²) in [5.41, 5.74) is 12.9. The van der Waals surface area contributed by atoms with Crippen LogP contribution >= 0.6 is 0 Å². The van der Waals surface area contributed by atoms with E-state index in [1.807, 2.05) is 0 Å². The standard InChI is InChI=1S/C64H90N12O25/c1-24(28-5-3-2-4-6-28)40-56(92)70-32(16-25-7-9-31(10-8-25)96-60-50(88)47(85)52(37(22-79)98-60)100-61-51(89)48(86)53-38(99-61)23-95-64(101-53)29-12-26-11-27(14-29)15-30(64)13-26)55(91)74-41(43(81)33-17-68-62(65)72-33)58(94)75-42(57(93)71-34(20-77)54(90)67-19-39(80)73-40)44(82)35-18-69-63(66)76(35)59-49(87)46(84)45(83)36(21-78)97-59/h2-10,24,26-27,29-30,32-38,40-53,59-61,77-79,81-89H,11-23H2,1H3,(H2,66,69)(H,67,90)(H,70,92)(H,71,93)(H,73,80)(H,74,91)(H,75,94)(H3,65,68,72)/t24-,26?,27?,29?,30?,32+,33-,34-,35-,36+,37+,38+,40-,41-,42+,43-,44-,45+,46-,47+,48+,49-,50-,51-,52+,53+,59-,60-,61+,64?/m0/s1. The molecule has 556 valence electrons. The van der Waals surface area contributed by atoms with E-state index in [0.717, 1.165) is 30.6 Å². The second-order valence-corrected chi connectivity index (χ2v) is 27.8. The molecule has 25 atom stereocenters. The Hall–Kier alpha value is -7.12. The third-order valence-corrected chi connectivity index (χ3v) is 21.4. The largest absolute Gasteiger partial charge is 0.462 e. The zero-order valence-electron chi connectivity index (χ0n) is 54.8. The molecule has 0 unspecified atom stereocenters. The molecule has 1 spiro atoms. The van der Waals surface area contributed by atoms with Crippen LogP contribution in [-0.2, 0) is 63.6 Å². The molecule has 37 heteroatoms. The number of carbonyl (C=O) groups is 6. The summed E-state index contributed by atoms with van der Waals surface area (Å²) in [6.07, 6.45) is -24.2. The van der Waals surface area contributed by atoms with Crippen LogP contribution in [0.2, 0.25) is 0 Å². The van der Waals surface area contributed by atoms with Crippen molar-refractivity contribution < 1.29 is 123 Å². The number of hydrogen-bond acceptors (Lipinski definition) is 31. The average Bonchev–Trinajstić information content (AvgIpc) is 1.15. The molecule has 4 saturated carbocycles. The summed E-state index contributed by atoms with van der Waals surface area (Å²) in [6, 6.07) is 1.16. The van der Waals surface area contributed by atoms with Crippen LogP contribution in [0, 0.1) is 23.7 Å². The highest BCUT2D eigenvalue weighted by Crippen LogP contribution is 2.61. The van der Waals surface area contributed by atoms with Crippen molar-refractivity contribution in [2.24, 2.45) is 45.1 Å². The molecule has 2 aromatic rings. The van der Waals surface area contributed by atoms with Crippen molar-refractivity contribution >= 4 is 47.4 Å². The van der Waals surface area contributed by atoms with Gasteiger partial charge >= 0.3 is 0 Å². The minimum atomic E-state index is -2.34. The summed E-state index contributed by atoms with van der Waals surface area (Å²) in [6.45, 7) is -3.00. The molecule has 9 fully saturated rings. The van der Waals surface area contributed by atoms with Crippen molar-refractivity contribution in [3.05, 3.63) is 65.7 Å². The zero-order valence-corrected chi connectivity index (χ0v) is 54.8. The smallest absolute Gasteiger partial charge is 0.246 e. The highest BCUT2D eigenvalue weighted by Gasteiger charge is 2.65. The van der Waals surface area contributed by atoms with Gasteiger partial charge in [0.2, 0.25) is 41.7 Å². The minimum absolute atomic E-state index is 0.0243. The summed E-state index contributed by atoms with van der Waals surface area (Å²) >= 11 is 0. The molecule has 11 aliphatic rings. The quantitative estimate of drug-likeness (QED) is 0.0742. The van der Waals surface area contributed by atoms with Gasteiger partial charge in [-0.25, -0.2) is 0 Å². The molecule has 6 amide bonds. The maximum atomic E-state index is 15.2. The van der Waals surface area contributed by atoms with Crippen molar-refractivity contribution in [2.75, 3.05) is 46.1 Å². The molecule has 4 bridgehead atoms. The van der Waals surface area contributed by atoms with Crippen LogP contribution in [0.1, 0.15) is 56.1 Å². The SMILES string of the molecule is C[C@@H](c1ccccc1)[C@@H]1NC(=O)CNC(=O)[C@H](CO)NC(=O)[C@@H]([C@@H](O)[C@@H]2CN=C(N)N2[C@H]2O[C@H](CO)[C@@H](O)[C@H](O)[C@@H]2O)NC(=O)[C@H]([C@@H](O)[C@@H]2CN=C(N)N2)NC(=O)[C@@H](Cc2ccc(O[C@H]3O[C@H](CO)[C@@H](O[C@H]4O[C@@H]5COC6(O[C@H]5[C@H](O)[C@@H]4O)C4CC5CC(C4)CC6C5)[C@H](O)[C@@H]3O)cc2)NC1=O. The van der Waals surface area contributed by atoms with Gasteiger partial charge < -0.3 is 148 Å². The number of aliphatic imine (C=N–C) groups is 2. The number of benzene rings is 2. The summed E-state index contributed by atoms with van der Waals surface area (Å²) in [5, 5.41) is 151. The van der Waals surface area contributed by atoms with E-state index < -0.39 is 239 Å². The summed E-state index contributed by atoms with van der Waals surface area (Å²) in [5.74, 6) is -8.26. The molecule has 5 saturated heterocycles. The number of nitrogens with zero attached hydrogens (tertiary/aromatic N) is 3. The molecule has 0 radical (unpaired) electrons. The number of fused-ring (bicyclic) bond motifs is 1. The number of nitrogens with one attached hydrogen (secondary N) is 7. The lowest BCUT2D eigenvalue weighted by molar-refractivity contribution is -0.437. The average molecular weight is 1430 g/mol. The van der Waals surface area contributed by atoms with Crippen LogP contribution in [-0.4, -0.2) is 312 Å². The first-order chi connectivity index (χ1) is 48.3. The molecular weight excluding hydrogens is 1340 g/mol. The normalized spacial score (nSPS) is 41.7. The topological polar surface area (TPSA) is 574 Å². The maximum Gasteiger partial charge on any atom is 0.246 e. The van der Waals surface area contributed by atoms with Gasteiger partial charge in [0, 0.05) is 24.2 Å². The van der Waals surface area contributed by atoms with Crippen molar-refractivity contribution in [2.45, 2.75) is 204 Å². The van der Waals surface area contributed by atoms with Crippen LogP contribution in [0.15, 0.2) is 64.6 Å². The Morgan fingerprint density at radius 1 is 0.614 bits per heavy atom. The fourth-order valence-corrected chi connectivity index (χ4v) is 16.0. The Morgan fingerprint density at radius 3 is 1.90 bits per heavy atom. The van der Waals surface area contributed by atoms with E-state index in [9.17, 15) is 80.5 Å². The first kappa shape index (κ1) is 73.6. The molecule has 23 N–H and O–H groups in total. The van der Waals surface area contributed by atoms with E-state index >= 15 is 9.59 Å². The number of nitrogens with two attached hydrogens (primary N) is 2. The Labute approximate surface area is 577 Å². The number of rotatable bonds is 16. The predicted molar refractivity (Wildman–Crippen MR) is 341 cm³/mol. The lowest BCUT2D eigenvalue weighted by Crippen LogP contribution is -2.71. The van der Waals surface area contributed by atoms with Gasteiger partial charge in [0.05, 0.1) is 58.1 Å². The van der Waals surface area contributed by atoms with E-state index in [1.54, 1.807) is 37.3 Å². The van der Waals surface area contributed by atoms with Gasteiger partial charge in [0.15, 0.2) is 30.2 Å². The first-order valence-electron chi connectivity index (χ1n) is 33.9. The summed E-state index contributed by atoms with van der Waals surface area (Å²) in [7, 11) is 0. The maximum absolute atomic E-state index is 15.2. The molecule has 101 heavy (non-hydrogen) atoms. The number of amides is 6. The molecule has 7 aliphatic heterocycles. The number of guanidine groups is 2. The second-order valence-electron chi connectivity index (χ2n) is 27.8. The Bertz CT molecular complexity index is 3330. The van der Waals surface area contributed by atoms with Crippen molar-refractivity contribution in [1.29, 1.82) is 0 Å². The van der Waals surface area contributed by atoms with Gasteiger partial charge in [-0.2, -0.15) is 0 Å². The van der Waals surface area contributed by atoms with Crippen LogP contribution in [0.4, 0.5) is 0 Å². The molecular formula is C64H90N12O25. The Morgan fingerprint density at radius 2 is 1.25 bits per heavy atom. The van der Waals surface area contributed by atoms with Crippen molar-refractivity contribution in [3.8, 4) is 5.75 Å². The third-order valence-electron chi connectivity index (χ3n) is 21.4. The number of aliphatic hydroxyl groups excluding tert-OH is 12. The van der Waals surface area contributed by atoms with Gasteiger partial charge in [-0.1, -0.05) is 49.4 Å². The van der Waals surface area contributed by atoms with Crippen LogP contribution < -0.4 is 53.4 Å². The molecule has 7 heterocycles. The Balaban J connectivity index is 0.788. The molecule has 4 aliphatic carbocycles. The summed E-state index contributed by atoms with van der Waals surface area (Å²) < 4.78 is 43.0. The number of carbonyl (C=O) groups excluding carboxylic acids is 6. The zero-order chi connectivity index (χ0) is 72.0. The van der Waals surface area contributed by atoms with Crippen LogP contribution in [0.25, 0.3) is 0 Å². The van der Waals surface area contributed by atoms with Gasteiger partial charge in [-0.15, -0.1) is 0 Å². The van der Waals surface area contributed by atoms with Gasteiger partial charge in [0.1, 0.15) is 121 Å². The fourth-order valence-electron chi connectivity index (χ4n) is 16.0. The minimum Gasteiger partial charge on any atom is -0.462 e.